The SMILES string of the molecule is Cc1ccc(-c2nnc(CSc3ccc(OC(C)(C)C)c(C)c3)s2)cc1. The number of thioether (sulfide) groups is 1. The summed E-state index contributed by atoms with van der Waals surface area (Å²) in [6.07, 6.45) is 0. The van der Waals surface area contributed by atoms with Crippen molar-refractivity contribution in [3.05, 3.63) is 58.6 Å². The molecule has 136 valence electrons. The van der Waals surface area contributed by atoms with Crippen LogP contribution in [-0.4, -0.2) is 15.8 Å². The molecule has 0 saturated heterocycles. The molecule has 5 heteroatoms. The normalized spacial score (nSPS) is 11.6. The first kappa shape index (κ1) is 18.9. The van der Waals surface area contributed by atoms with Crippen molar-refractivity contribution in [2.75, 3.05) is 0 Å². The maximum atomic E-state index is 5.98. The quantitative estimate of drug-likeness (QED) is 0.484. The van der Waals surface area contributed by atoms with Crippen LogP contribution in [0.5, 0.6) is 5.75 Å². The van der Waals surface area contributed by atoms with Gasteiger partial charge in [0.15, 0.2) is 0 Å². The third-order valence-electron chi connectivity index (χ3n) is 3.69. The molecular weight excluding hydrogens is 360 g/mol. The van der Waals surface area contributed by atoms with Crippen LogP contribution in [0.2, 0.25) is 0 Å². The van der Waals surface area contributed by atoms with Crippen molar-refractivity contribution < 1.29 is 4.74 Å². The smallest absolute Gasteiger partial charge is 0.147 e. The summed E-state index contributed by atoms with van der Waals surface area (Å²) >= 11 is 3.44. The Hall–Kier alpha value is -1.85. The lowest BCUT2D eigenvalue weighted by Gasteiger charge is -2.22. The van der Waals surface area contributed by atoms with E-state index in [-0.39, 0.29) is 5.60 Å². The molecule has 1 aromatic heterocycles. The van der Waals surface area contributed by atoms with Crippen molar-refractivity contribution in [3.63, 3.8) is 0 Å². The fourth-order valence-electron chi connectivity index (χ4n) is 2.43. The van der Waals surface area contributed by atoms with Crippen LogP contribution in [-0.2, 0) is 5.75 Å². The van der Waals surface area contributed by atoms with E-state index in [0.29, 0.717) is 0 Å². The fraction of sp³-hybridized carbons (Fsp3) is 0.333. The summed E-state index contributed by atoms with van der Waals surface area (Å²) in [5, 5.41) is 10.7. The van der Waals surface area contributed by atoms with Crippen LogP contribution in [0.3, 0.4) is 0 Å². The second-order valence-corrected chi connectivity index (χ2v) is 9.41. The van der Waals surface area contributed by atoms with Crippen molar-refractivity contribution in [1.82, 2.24) is 10.2 Å². The Balaban J connectivity index is 1.64. The zero-order chi connectivity index (χ0) is 18.7. The number of aromatic nitrogens is 2. The Morgan fingerprint density at radius 1 is 1.00 bits per heavy atom. The van der Waals surface area contributed by atoms with E-state index >= 15 is 0 Å². The number of hydrogen-bond acceptors (Lipinski definition) is 5. The zero-order valence-electron chi connectivity index (χ0n) is 15.9. The summed E-state index contributed by atoms with van der Waals surface area (Å²) < 4.78 is 5.98. The van der Waals surface area contributed by atoms with Gasteiger partial charge < -0.3 is 4.74 Å². The van der Waals surface area contributed by atoms with Gasteiger partial charge in [0.2, 0.25) is 0 Å². The highest BCUT2D eigenvalue weighted by Gasteiger charge is 2.14. The van der Waals surface area contributed by atoms with Crippen LogP contribution < -0.4 is 4.74 Å². The van der Waals surface area contributed by atoms with Crippen molar-refractivity contribution in [2.45, 2.75) is 50.9 Å². The maximum Gasteiger partial charge on any atom is 0.147 e. The Morgan fingerprint density at radius 2 is 1.73 bits per heavy atom. The van der Waals surface area contributed by atoms with E-state index in [1.54, 1.807) is 23.1 Å². The van der Waals surface area contributed by atoms with E-state index in [0.717, 1.165) is 32.6 Å². The highest BCUT2D eigenvalue weighted by Crippen LogP contribution is 2.31. The molecule has 0 saturated carbocycles. The number of nitrogens with zero attached hydrogens (tertiary/aromatic N) is 2. The van der Waals surface area contributed by atoms with Gasteiger partial charge in [-0.15, -0.1) is 22.0 Å². The average molecular weight is 385 g/mol. The highest BCUT2D eigenvalue weighted by molar-refractivity contribution is 7.98. The van der Waals surface area contributed by atoms with Crippen molar-refractivity contribution in [1.29, 1.82) is 0 Å². The molecule has 3 rings (SSSR count). The monoisotopic (exact) mass is 384 g/mol. The Bertz CT molecular complexity index is 880. The number of benzene rings is 2. The molecule has 0 fully saturated rings. The lowest BCUT2D eigenvalue weighted by molar-refractivity contribution is 0.130. The van der Waals surface area contributed by atoms with E-state index < -0.39 is 0 Å². The minimum atomic E-state index is -0.182. The molecule has 0 spiro atoms. The molecule has 0 N–H and O–H groups in total. The topological polar surface area (TPSA) is 35.0 Å². The molecular formula is C21H24N2OS2. The van der Waals surface area contributed by atoms with Crippen LogP contribution in [0.4, 0.5) is 0 Å². The Labute approximate surface area is 163 Å². The summed E-state index contributed by atoms with van der Waals surface area (Å²) in [7, 11) is 0. The molecule has 0 atom stereocenters. The van der Waals surface area contributed by atoms with Gasteiger partial charge in [-0.05, 0) is 58.4 Å². The molecule has 3 aromatic rings. The maximum absolute atomic E-state index is 5.98. The molecule has 2 aromatic carbocycles. The molecule has 0 bridgehead atoms. The number of hydrogen-bond donors (Lipinski definition) is 0. The van der Waals surface area contributed by atoms with Gasteiger partial charge >= 0.3 is 0 Å². The van der Waals surface area contributed by atoms with Gasteiger partial charge in [0.1, 0.15) is 21.4 Å². The van der Waals surface area contributed by atoms with Gasteiger partial charge in [0.25, 0.3) is 0 Å². The zero-order valence-corrected chi connectivity index (χ0v) is 17.5. The highest BCUT2D eigenvalue weighted by atomic mass is 32.2. The minimum absolute atomic E-state index is 0.182. The summed E-state index contributed by atoms with van der Waals surface area (Å²) in [5.74, 6) is 1.77. The fourth-order valence-corrected chi connectivity index (χ4v) is 4.25. The molecule has 3 nitrogen and oxygen atoms in total. The summed E-state index contributed by atoms with van der Waals surface area (Å²) in [6, 6.07) is 14.8. The van der Waals surface area contributed by atoms with Gasteiger partial charge in [-0.25, -0.2) is 0 Å². The van der Waals surface area contributed by atoms with Gasteiger partial charge in [-0.3, -0.25) is 0 Å². The van der Waals surface area contributed by atoms with Crippen LogP contribution in [0.25, 0.3) is 10.6 Å². The summed E-state index contributed by atoms with van der Waals surface area (Å²) in [4.78, 5) is 1.22. The summed E-state index contributed by atoms with van der Waals surface area (Å²) in [6.45, 7) is 10.4. The second-order valence-electron chi connectivity index (χ2n) is 7.30. The van der Waals surface area contributed by atoms with Crippen LogP contribution >= 0.6 is 23.1 Å². The van der Waals surface area contributed by atoms with E-state index in [1.807, 2.05) is 0 Å². The number of rotatable bonds is 5. The lowest BCUT2D eigenvalue weighted by Crippen LogP contribution is -2.23. The third kappa shape index (κ3) is 5.08. The average Bonchev–Trinajstić information content (AvgIpc) is 3.04. The standard InChI is InChI=1S/C21H24N2OS2/c1-14-6-8-16(9-7-14)20-23-22-19(26-20)13-25-17-10-11-18(15(2)12-17)24-21(3,4)5/h6-12H,13H2,1-5H3. The van der Waals surface area contributed by atoms with E-state index in [4.69, 9.17) is 4.74 Å². The van der Waals surface area contributed by atoms with Crippen LogP contribution in [0, 0.1) is 13.8 Å². The molecule has 0 amide bonds. The number of ether oxygens (including phenoxy) is 1. The first-order valence-corrected chi connectivity index (χ1v) is 10.4. The largest absolute Gasteiger partial charge is 0.488 e. The molecule has 1 heterocycles. The van der Waals surface area contributed by atoms with E-state index in [9.17, 15) is 0 Å². The van der Waals surface area contributed by atoms with Crippen molar-refractivity contribution in [3.8, 4) is 16.3 Å². The molecule has 0 aliphatic heterocycles. The Morgan fingerprint density at radius 3 is 2.38 bits per heavy atom. The van der Waals surface area contributed by atoms with Crippen LogP contribution in [0.1, 0.15) is 36.9 Å². The lowest BCUT2D eigenvalue weighted by atomic mass is 10.1. The third-order valence-corrected chi connectivity index (χ3v) is 5.85. The van der Waals surface area contributed by atoms with Gasteiger partial charge in [0.05, 0.1) is 5.75 Å². The second kappa shape index (κ2) is 7.80. The predicted molar refractivity (Wildman–Crippen MR) is 111 cm³/mol. The molecule has 0 unspecified atom stereocenters. The van der Waals surface area contributed by atoms with Crippen LogP contribution in [0.15, 0.2) is 47.4 Å². The molecule has 0 radical (unpaired) electrons. The predicted octanol–water partition coefficient (Wildman–Crippen LogP) is 6.29. The summed E-state index contributed by atoms with van der Waals surface area (Å²) in [5.41, 5.74) is 3.35. The van der Waals surface area contributed by atoms with Gasteiger partial charge in [-0.1, -0.05) is 41.2 Å². The van der Waals surface area contributed by atoms with Gasteiger partial charge in [-0.2, -0.15) is 0 Å². The van der Waals surface area contributed by atoms with Crippen molar-refractivity contribution in [2.24, 2.45) is 0 Å². The molecule has 26 heavy (non-hydrogen) atoms. The van der Waals surface area contributed by atoms with E-state index in [1.165, 1.54) is 10.5 Å². The molecule has 0 aliphatic carbocycles. The van der Waals surface area contributed by atoms with Crippen molar-refractivity contribution >= 4 is 23.1 Å². The van der Waals surface area contributed by atoms with E-state index in [2.05, 4.69) is 87.3 Å². The first-order chi connectivity index (χ1) is 12.3. The first-order valence-electron chi connectivity index (χ1n) is 8.62. The molecule has 0 aliphatic rings. The van der Waals surface area contributed by atoms with Gasteiger partial charge in [0, 0.05) is 10.5 Å². The minimum Gasteiger partial charge on any atom is -0.488 e. The Kier molecular flexibility index (Phi) is 5.68. The number of aryl methyl sites for hydroxylation is 2.